The second-order valence-electron chi connectivity index (χ2n) is 20.6. The van der Waals surface area contributed by atoms with Gasteiger partial charge in [0.2, 0.25) is 5.91 Å². The first kappa shape index (κ1) is 64.7. The molecule has 0 aliphatic rings. The van der Waals surface area contributed by atoms with Crippen molar-refractivity contribution in [2.24, 2.45) is 0 Å². The van der Waals surface area contributed by atoms with Gasteiger partial charge in [0, 0.05) is 6.42 Å². The first-order valence-corrected chi connectivity index (χ1v) is 29.8. The van der Waals surface area contributed by atoms with Gasteiger partial charge in [-0.3, -0.25) is 9.36 Å². The van der Waals surface area contributed by atoms with Crippen LogP contribution < -0.4 is 10.2 Å². The van der Waals surface area contributed by atoms with Gasteiger partial charge in [0.25, 0.3) is 7.82 Å². The van der Waals surface area contributed by atoms with E-state index in [9.17, 15) is 19.4 Å². The summed E-state index contributed by atoms with van der Waals surface area (Å²) in [6.45, 7) is 4.63. The van der Waals surface area contributed by atoms with Crippen LogP contribution in [0, 0.1) is 0 Å². The molecular weight excluding hydrogens is 840 g/mol. The Morgan fingerprint density at radius 2 is 0.924 bits per heavy atom. The Balaban J connectivity index is 4.13. The van der Waals surface area contributed by atoms with E-state index in [1.54, 1.807) is 0 Å². The number of rotatable bonds is 52. The van der Waals surface area contributed by atoms with Crippen molar-refractivity contribution in [1.82, 2.24) is 5.32 Å². The highest BCUT2D eigenvalue weighted by atomic mass is 31.2. The van der Waals surface area contributed by atoms with Gasteiger partial charge >= 0.3 is 0 Å². The largest absolute Gasteiger partial charge is 0.756 e. The number of aliphatic hydroxyl groups excluding tert-OH is 1. The summed E-state index contributed by atoms with van der Waals surface area (Å²) in [4.78, 5) is 25.5. The number of nitrogens with zero attached hydrogens (tertiary/aromatic N) is 1. The number of likely N-dealkylation sites (N-methyl/N-ethyl adjacent to an activating group) is 1. The summed E-state index contributed by atoms with van der Waals surface area (Å²) in [5, 5.41) is 14.0. The van der Waals surface area contributed by atoms with Gasteiger partial charge in [0.1, 0.15) is 13.2 Å². The summed E-state index contributed by atoms with van der Waals surface area (Å²) < 4.78 is 23.4. The lowest BCUT2D eigenvalue weighted by Gasteiger charge is -2.30. The van der Waals surface area contributed by atoms with E-state index in [0.29, 0.717) is 23.9 Å². The number of phosphoric acid groups is 1. The van der Waals surface area contributed by atoms with Crippen molar-refractivity contribution in [2.75, 3.05) is 40.9 Å². The number of amides is 1. The molecule has 1 amide bonds. The van der Waals surface area contributed by atoms with Gasteiger partial charge < -0.3 is 28.8 Å². The minimum atomic E-state index is -4.58. The van der Waals surface area contributed by atoms with Crippen molar-refractivity contribution in [3.05, 3.63) is 36.5 Å². The normalized spacial score (nSPS) is 14.2. The van der Waals surface area contributed by atoms with E-state index in [4.69, 9.17) is 9.05 Å². The van der Waals surface area contributed by atoms with Gasteiger partial charge in [-0.15, -0.1) is 0 Å². The Hall–Kier alpha value is -1.28. The molecule has 0 heterocycles. The molecule has 0 bridgehead atoms. The van der Waals surface area contributed by atoms with Gasteiger partial charge in [-0.1, -0.05) is 256 Å². The van der Waals surface area contributed by atoms with Crippen LogP contribution in [0.1, 0.15) is 271 Å². The number of quaternary nitrogens is 1. The van der Waals surface area contributed by atoms with E-state index >= 15 is 0 Å². The predicted octanol–water partition coefficient (Wildman–Crippen LogP) is 16.4. The van der Waals surface area contributed by atoms with Crippen LogP contribution in [0.3, 0.4) is 0 Å². The number of unbranched alkanes of at least 4 members (excludes halogenated alkanes) is 33. The van der Waals surface area contributed by atoms with Crippen LogP contribution in [0.15, 0.2) is 36.5 Å². The highest BCUT2D eigenvalue weighted by Gasteiger charge is 2.24. The molecule has 0 aromatic carbocycles. The smallest absolute Gasteiger partial charge is 0.268 e. The van der Waals surface area contributed by atoms with Crippen molar-refractivity contribution in [2.45, 2.75) is 283 Å². The molecular formula is C57H111N2O6P. The van der Waals surface area contributed by atoms with Crippen LogP contribution in [-0.2, 0) is 18.4 Å². The third kappa shape index (κ3) is 50.6. The Labute approximate surface area is 410 Å². The third-order valence-electron chi connectivity index (χ3n) is 12.9. The fraction of sp³-hybridized carbons (Fsp3) is 0.877. The molecule has 0 saturated carbocycles. The Morgan fingerprint density at radius 3 is 1.35 bits per heavy atom. The van der Waals surface area contributed by atoms with Crippen LogP contribution >= 0.6 is 7.82 Å². The van der Waals surface area contributed by atoms with Gasteiger partial charge in [-0.25, -0.2) is 0 Å². The molecule has 390 valence electrons. The van der Waals surface area contributed by atoms with Crippen molar-refractivity contribution in [3.63, 3.8) is 0 Å². The first-order valence-electron chi connectivity index (χ1n) is 28.3. The summed E-state index contributed by atoms with van der Waals surface area (Å²) in [5.41, 5.74) is 0. The van der Waals surface area contributed by atoms with Crippen LogP contribution in [0.25, 0.3) is 0 Å². The predicted molar refractivity (Wildman–Crippen MR) is 284 cm³/mol. The highest BCUT2D eigenvalue weighted by Crippen LogP contribution is 2.38. The van der Waals surface area contributed by atoms with Crippen molar-refractivity contribution in [3.8, 4) is 0 Å². The molecule has 0 rings (SSSR count). The maximum atomic E-state index is 13.0. The molecule has 2 N–H and O–H groups in total. The van der Waals surface area contributed by atoms with E-state index in [1.807, 2.05) is 21.1 Å². The summed E-state index contributed by atoms with van der Waals surface area (Å²) in [5.74, 6) is -0.173. The topological polar surface area (TPSA) is 108 Å². The second-order valence-corrected chi connectivity index (χ2v) is 22.0. The van der Waals surface area contributed by atoms with Crippen molar-refractivity contribution in [1.29, 1.82) is 0 Å². The number of carbonyl (C=O) groups excluding carboxylic acids is 1. The zero-order valence-corrected chi connectivity index (χ0v) is 45.3. The zero-order valence-electron chi connectivity index (χ0n) is 44.4. The first-order chi connectivity index (χ1) is 32.0. The van der Waals surface area contributed by atoms with E-state index in [1.165, 1.54) is 180 Å². The third-order valence-corrected chi connectivity index (χ3v) is 13.9. The molecule has 66 heavy (non-hydrogen) atoms. The zero-order chi connectivity index (χ0) is 48.5. The molecule has 3 atom stereocenters. The lowest BCUT2D eigenvalue weighted by Crippen LogP contribution is -2.46. The summed E-state index contributed by atoms with van der Waals surface area (Å²) in [7, 11) is 1.30. The Kier molecular flexibility index (Phi) is 47.8. The maximum absolute atomic E-state index is 13.0. The van der Waals surface area contributed by atoms with E-state index in [2.05, 4.69) is 55.6 Å². The molecule has 0 aliphatic heterocycles. The maximum Gasteiger partial charge on any atom is 0.268 e. The second kappa shape index (κ2) is 48.7. The molecule has 0 spiro atoms. The molecule has 0 aliphatic carbocycles. The minimum Gasteiger partial charge on any atom is -0.756 e. The SMILES string of the molecule is CC/C=C\C/C=C\C/C=C\CCCCCCCCCC(=O)NC(COP(=O)([O-])OCC[N+](C)(C)C)C(O)CCCCCCCCCCCCCCCCCCCCCCCCCCCCC. The van der Waals surface area contributed by atoms with E-state index in [0.717, 1.165) is 64.2 Å². The van der Waals surface area contributed by atoms with E-state index < -0.39 is 20.0 Å². The number of aliphatic hydroxyl groups is 1. The number of hydrogen-bond donors (Lipinski definition) is 2. The monoisotopic (exact) mass is 951 g/mol. The Morgan fingerprint density at radius 1 is 0.545 bits per heavy atom. The molecule has 0 radical (unpaired) electrons. The summed E-state index contributed by atoms with van der Waals surface area (Å²) in [6.07, 6.45) is 61.8. The highest BCUT2D eigenvalue weighted by molar-refractivity contribution is 7.45. The molecule has 0 aromatic rings. The summed E-state index contributed by atoms with van der Waals surface area (Å²) >= 11 is 0. The molecule has 3 unspecified atom stereocenters. The number of carbonyl (C=O) groups is 1. The van der Waals surface area contributed by atoms with Crippen LogP contribution in [0.2, 0.25) is 0 Å². The molecule has 8 nitrogen and oxygen atoms in total. The standard InChI is InChI=1S/C57H111N2O6P/c1-6-8-10-12-14-16-18-20-22-24-25-26-27-28-29-30-31-32-33-35-36-38-40-42-44-46-48-50-56(60)55(54-65-66(62,63)64-53-52-59(3,4)5)58-57(61)51-49-47-45-43-41-39-37-34-23-21-19-17-15-13-11-9-7-2/h9,11,15,17,21,23,55-56,60H,6-8,10,12-14,16,18-20,22,24-54H2,1-5H3,(H-,58,61,62,63)/b11-9-,17-15-,23-21-. The quantitative estimate of drug-likeness (QED) is 0.0272. The lowest BCUT2D eigenvalue weighted by molar-refractivity contribution is -0.870. The fourth-order valence-corrected chi connectivity index (χ4v) is 9.19. The van der Waals surface area contributed by atoms with Gasteiger partial charge in [0.05, 0.1) is 39.9 Å². The average Bonchev–Trinajstić information content (AvgIpc) is 3.28. The number of hydrogen-bond acceptors (Lipinski definition) is 6. The summed E-state index contributed by atoms with van der Waals surface area (Å²) in [6, 6.07) is -0.807. The molecule has 9 heteroatoms. The van der Waals surface area contributed by atoms with E-state index in [-0.39, 0.29) is 19.1 Å². The van der Waals surface area contributed by atoms with Crippen LogP contribution in [0.5, 0.6) is 0 Å². The van der Waals surface area contributed by atoms with Gasteiger partial charge in [-0.2, -0.15) is 0 Å². The molecule has 0 fully saturated rings. The lowest BCUT2D eigenvalue weighted by atomic mass is 10.0. The number of nitrogens with one attached hydrogen (secondary N) is 1. The fourth-order valence-electron chi connectivity index (χ4n) is 8.47. The number of allylic oxidation sites excluding steroid dienone is 6. The Bertz CT molecular complexity index is 1170. The molecule has 0 aromatic heterocycles. The van der Waals surface area contributed by atoms with Crippen LogP contribution in [0.4, 0.5) is 0 Å². The molecule has 0 saturated heterocycles. The van der Waals surface area contributed by atoms with Gasteiger partial charge in [0.15, 0.2) is 0 Å². The number of phosphoric ester groups is 1. The minimum absolute atomic E-state index is 0.00988. The van der Waals surface area contributed by atoms with Crippen molar-refractivity contribution < 1.29 is 32.9 Å². The average molecular weight is 951 g/mol. The van der Waals surface area contributed by atoms with Crippen LogP contribution in [-0.4, -0.2) is 68.5 Å². The van der Waals surface area contributed by atoms with Gasteiger partial charge in [-0.05, 0) is 44.9 Å². The van der Waals surface area contributed by atoms with Crippen molar-refractivity contribution >= 4 is 13.7 Å².